The van der Waals surface area contributed by atoms with Crippen molar-refractivity contribution in [3.05, 3.63) is 40.5 Å². The Bertz CT molecular complexity index is 847. The van der Waals surface area contributed by atoms with Crippen molar-refractivity contribution in [1.29, 1.82) is 0 Å². The van der Waals surface area contributed by atoms with Gasteiger partial charge in [-0.2, -0.15) is 4.98 Å². The molecule has 0 aliphatic heterocycles. The Labute approximate surface area is 167 Å². The molecule has 0 radical (unpaired) electrons. The molecule has 1 fully saturated rings. The second-order valence-electron chi connectivity index (χ2n) is 6.65. The highest BCUT2D eigenvalue weighted by Gasteiger charge is 2.41. The maximum atomic E-state index is 10.2. The quantitative estimate of drug-likeness (QED) is 0.454. The van der Waals surface area contributed by atoms with Crippen LogP contribution in [0.4, 0.5) is 11.8 Å². The second-order valence-corrected chi connectivity index (χ2v) is 7.01. The van der Waals surface area contributed by atoms with E-state index in [1.165, 1.54) is 0 Å². The third-order valence-electron chi connectivity index (χ3n) is 4.83. The van der Waals surface area contributed by atoms with Crippen molar-refractivity contribution in [2.24, 2.45) is 5.92 Å². The molecule has 3 rings (SSSR count). The number of aliphatic hydroxyl groups is 3. The Morgan fingerprint density at radius 3 is 2.54 bits per heavy atom. The Kier molecular flexibility index (Phi) is 6.35. The summed E-state index contributed by atoms with van der Waals surface area (Å²) in [7, 11) is 1.60. The summed E-state index contributed by atoms with van der Waals surface area (Å²) < 4.78 is 5.14. The fraction of sp³-hybridized carbons (Fsp3) is 0.368. The van der Waals surface area contributed by atoms with E-state index in [1.807, 2.05) is 30.3 Å². The summed E-state index contributed by atoms with van der Waals surface area (Å²) in [5.41, 5.74) is 7.13. The van der Waals surface area contributed by atoms with E-state index < -0.39 is 24.2 Å². The Morgan fingerprint density at radius 1 is 1.21 bits per heavy atom. The Morgan fingerprint density at radius 2 is 1.93 bits per heavy atom. The van der Waals surface area contributed by atoms with Gasteiger partial charge < -0.3 is 31.1 Å². The van der Waals surface area contributed by atoms with Crippen LogP contribution in [0.5, 0.6) is 5.75 Å². The first-order valence-corrected chi connectivity index (χ1v) is 9.19. The van der Waals surface area contributed by atoms with E-state index in [0.717, 1.165) is 11.3 Å². The number of nitrogens with zero attached hydrogens (tertiary/aromatic N) is 2. The van der Waals surface area contributed by atoms with Gasteiger partial charge in [-0.25, -0.2) is 4.98 Å². The largest absolute Gasteiger partial charge is 0.497 e. The van der Waals surface area contributed by atoms with Gasteiger partial charge in [0.15, 0.2) is 0 Å². The number of benzene rings is 1. The van der Waals surface area contributed by atoms with E-state index in [1.54, 1.807) is 13.2 Å². The molecule has 6 N–H and O–H groups in total. The first kappa shape index (κ1) is 20.3. The van der Waals surface area contributed by atoms with Crippen LogP contribution in [0.1, 0.15) is 17.5 Å². The molecule has 0 unspecified atom stereocenters. The number of nitrogens with two attached hydrogens (primary N) is 1. The summed E-state index contributed by atoms with van der Waals surface area (Å²) in [6.07, 6.45) is 1.89. The maximum absolute atomic E-state index is 10.2. The molecule has 1 heterocycles. The van der Waals surface area contributed by atoms with Gasteiger partial charge in [-0.05, 0) is 30.2 Å². The zero-order valence-corrected chi connectivity index (χ0v) is 16.0. The van der Waals surface area contributed by atoms with Crippen LogP contribution in [0.3, 0.4) is 0 Å². The lowest BCUT2D eigenvalue weighted by atomic mass is 10.1. The third kappa shape index (κ3) is 4.36. The summed E-state index contributed by atoms with van der Waals surface area (Å²) in [6, 6.07) is 6.94. The van der Waals surface area contributed by atoms with Crippen LogP contribution in [-0.2, 0) is 0 Å². The minimum atomic E-state index is -1.05. The predicted molar refractivity (Wildman–Crippen MR) is 108 cm³/mol. The number of aromatic nitrogens is 2. The highest BCUT2D eigenvalue weighted by atomic mass is 35.5. The molecule has 1 aromatic heterocycles. The number of hydrogen-bond acceptors (Lipinski definition) is 8. The molecule has 4 atom stereocenters. The lowest BCUT2D eigenvalue weighted by Gasteiger charge is -2.20. The van der Waals surface area contributed by atoms with Crippen LogP contribution in [0.2, 0.25) is 5.15 Å². The standard InChI is InChI=1S/C19H23ClN4O4/c1-28-12-5-2-10(3-6-12)4-7-13-17(20)23-19(21)24-18(13)22-14-8-11(9-25)15(26)16(14)27/h2-7,11,14-16,25-27H,8-9H2,1H3,(H3,21,22,23,24)/t11-,14-,15-,16+/m1/s1. The van der Waals surface area contributed by atoms with Crippen LogP contribution < -0.4 is 15.8 Å². The zero-order valence-electron chi connectivity index (χ0n) is 15.3. The molecule has 1 aliphatic rings. The predicted octanol–water partition coefficient (Wildman–Crippen LogP) is 1.41. The highest BCUT2D eigenvalue weighted by molar-refractivity contribution is 6.31. The van der Waals surface area contributed by atoms with Crippen LogP contribution >= 0.6 is 11.6 Å². The fourth-order valence-corrected chi connectivity index (χ4v) is 3.47. The molecule has 8 nitrogen and oxygen atoms in total. The first-order valence-electron chi connectivity index (χ1n) is 8.81. The number of anilines is 2. The van der Waals surface area contributed by atoms with Gasteiger partial charge in [0.1, 0.15) is 22.8 Å². The Balaban J connectivity index is 1.86. The minimum Gasteiger partial charge on any atom is -0.497 e. The molecule has 1 aromatic carbocycles. The molecule has 0 bridgehead atoms. The van der Waals surface area contributed by atoms with Crippen LogP contribution in [0, 0.1) is 5.92 Å². The number of methoxy groups -OCH3 is 1. The van der Waals surface area contributed by atoms with E-state index in [-0.39, 0.29) is 17.7 Å². The number of halogens is 1. The van der Waals surface area contributed by atoms with Gasteiger partial charge >= 0.3 is 0 Å². The fourth-order valence-electron chi connectivity index (χ4n) is 3.23. The molecule has 1 saturated carbocycles. The molecular formula is C19H23ClN4O4. The van der Waals surface area contributed by atoms with Crippen molar-refractivity contribution in [2.45, 2.75) is 24.7 Å². The van der Waals surface area contributed by atoms with Gasteiger partial charge in [-0.3, -0.25) is 0 Å². The van der Waals surface area contributed by atoms with Crippen molar-refractivity contribution in [2.75, 3.05) is 24.8 Å². The summed E-state index contributed by atoms with van der Waals surface area (Å²) in [5, 5.41) is 32.9. The summed E-state index contributed by atoms with van der Waals surface area (Å²) in [5.74, 6) is 0.666. The van der Waals surface area contributed by atoms with Crippen molar-refractivity contribution in [3.63, 3.8) is 0 Å². The number of aliphatic hydroxyl groups excluding tert-OH is 3. The number of nitrogens with one attached hydrogen (secondary N) is 1. The number of rotatable bonds is 6. The van der Waals surface area contributed by atoms with Crippen LogP contribution in [-0.4, -0.2) is 57.3 Å². The van der Waals surface area contributed by atoms with E-state index in [9.17, 15) is 15.3 Å². The molecule has 150 valence electrons. The van der Waals surface area contributed by atoms with Crippen molar-refractivity contribution < 1.29 is 20.1 Å². The Hall–Kier alpha value is -2.39. The van der Waals surface area contributed by atoms with Crippen LogP contribution in [0.15, 0.2) is 24.3 Å². The minimum absolute atomic E-state index is 0.0131. The van der Waals surface area contributed by atoms with E-state index in [0.29, 0.717) is 17.8 Å². The smallest absolute Gasteiger partial charge is 0.223 e. The van der Waals surface area contributed by atoms with Gasteiger partial charge in [0.25, 0.3) is 0 Å². The second kappa shape index (κ2) is 8.74. The summed E-state index contributed by atoms with van der Waals surface area (Å²) >= 11 is 6.26. The van der Waals surface area contributed by atoms with Gasteiger partial charge in [0, 0.05) is 12.5 Å². The summed E-state index contributed by atoms with van der Waals surface area (Å²) in [6.45, 7) is -0.215. The normalized spacial score (nSPS) is 24.6. The van der Waals surface area contributed by atoms with Gasteiger partial charge in [-0.15, -0.1) is 0 Å². The average molecular weight is 407 g/mol. The topological polar surface area (TPSA) is 134 Å². The number of hydrogen-bond donors (Lipinski definition) is 5. The molecule has 0 spiro atoms. The van der Waals surface area contributed by atoms with Gasteiger partial charge in [-0.1, -0.05) is 29.8 Å². The van der Waals surface area contributed by atoms with Crippen LogP contribution in [0.25, 0.3) is 12.2 Å². The maximum Gasteiger partial charge on any atom is 0.223 e. The monoisotopic (exact) mass is 406 g/mol. The lowest BCUT2D eigenvalue weighted by molar-refractivity contribution is 0.00445. The van der Waals surface area contributed by atoms with Gasteiger partial charge in [0.2, 0.25) is 5.95 Å². The molecule has 2 aromatic rings. The molecule has 0 saturated heterocycles. The van der Waals surface area contributed by atoms with E-state index in [2.05, 4.69) is 15.3 Å². The van der Waals surface area contributed by atoms with Gasteiger partial charge in [0.05, 0.1) is 24.8 Å². The average Bonchev–Trinajstić information content (AvgIpc) is 2.95. The van der Waals surface area contributed by atoms with Crippen molar-refractivity contribution in [3.8, 4) is 5.75 Å². The van der Waals surface area contributed by atoms with E-state index in [4.69, 9.17) is 22.1 Å². The molecule has 0 amide bonds. The highest BCUT2D eigenvalue weighted by Crippen LogP contribution is 2.31. The van der Waals surface area contributed by atoms with Crippen molar-refractivity contribution in [1.82, 2.24) is 9.97 Å². The molecule has 28 heavy (non-hydrogen) atoms. The number of ether oxygens (including phenoxy) is 1. The molecular weight excluding hydrogens is 384 g/mol. The van der Waals surface area contributed by atoms with E-state index >= 15 is 0 Å². The molecule has 1 aliphatic carbocycles. The third-order valence-corrected chi connectivity index (χ3v) is 5.12. The SMILES string of the molecule is COc1ccc(C=Cc2c(Cl)nc(N)nc2N[C@@H]2C[C@H](CO)[C@@H](O)[C@H]2O)cc1. The van der Waals surface area contributed by atoms with Crippen molar-refractivity contribution >= 4 is 35.5 Å². The molecule has 9 heteroatoms. The first-order chi connectivity index (χ1) is 13.4. The lowest BCUT2D eigenvalue weighted by Crippen LogP contribution is -2.35. The zero-order chi connectivity index (χ0) is 20.3. The summed E-state index contributed by atoms with van der Waals surface area (Å²) in [4.78, 5) is 8.17. The number of nitrogen functional groups attached to an aromatic ring is 1.